The number of ether oxygens (including phenoxy) is 1. The molecule has 164 valence electrons. The number of benzene rings is 2. The molecule has 0 saturated carbocycles. The summed E-state index contributed by atoms with van der Waals surface area (Å²) in [4.78, 5) is 29.5. The average Bonchev–Trinajstić information content (AvgIpc) is 3.42. The minimum Gasteiger partial charge on any atom is -0.495 e. The van der Waals surface area contributed by atoms with E-state index in [1.54, 1.807) is 30.2 Å². The quantitative estimate of drug-likeness (QED) is 0.713. The van der Waals surface area contributed by atoms with Gasteiger partial charge < -0.3 is 15.0 Å². The highest BCUT2D eigenvalue weighted by Gasteiger charge is 2.36. The molecule has 2 amide bonds. The summed E-state index contributed by atoms with van der Waals surface area (Å²) in [7, 11) is 1.55. The van der Waals surface area contributed by atoms with E-state index >= 15 is 0 Å². The standard InChI is InChI=1S/C24H28ClN3O3/c1-31-22-9-8-20(25)13-21(22)28-16-19(12-23(28)29)24(30)26-14-17-6-2-3-7-18(17)15-27-10-4-5-11-27/h2-3,6-9,13,19H,4-5,10-12,14-16H2,1H3,(H,26,30). The lowest BCUT2D eigenvalue weighted by molar-refractivity contribution is -0.126. The van der Waals surface area contributed by atoms with Crippen LogP contribution in [0.3, 0.4) is 0 Å². The Morgan fingerprint density at radius 3 is 2.65 bits per heavy atom. The van der Waals surface area contributed by atoms with Gasteiger partial charge in [-0.25, -0.2) is 0 Å². The number of likely N-dealkylation sites (tertiary alicyclic amines) is 1. The molecular weight excluding hydrogens is 414 g/mol. The summed E-state index contributed by atoms with van der Waals surface area (Å²) in [5.74, 6) is -0.0421. The summed E-state index contributed by atoms with van der Waals surface area (Å²) in [5, 5.41) is 3.56. The van der Waals surface area contributed by atoms with Crippen molar-refractivity contribution in [2.75, 3.05) is 31.6 Å². The third-order valence-electron chi connectivity index (χ3n) is 6.09. The summed E-state index contributed by atoms with van der Waals surface area (Å²) in [5.41, 5.74) is 2.98. The van der Waals surface area contributed by atoms with Crippen LogP contribution < -0.4 is 15.0 Å². The number of rotatable bonds is 7. The summed E-state index contributed by atoms with van der Waals surface area (Å²) in [6.45, 7) is 3.96. The highest BCUT2D eigenvalue weighted by molar-refractivity contribution is 6.31. The SMILES string of the molecule is COc1ccc(Cl)cc1N1CC(C(=O)NCc2ccccc2CN2CCCC2)CC1=O. The predicted octanol–water partition coefficient (Wildman–Crippen LogP) is 3.61. The molecule has 2 aliphatic heterocycles. The molecule has 0 radical (unpaired) electrons. The lowest BCUT2D eigenvalue weighted by Crippen LogP contribution is -2.33. The van der Waals surface area contributed by atoms with E-state index in [-0.39, 0.29) is 18.2 Å². The zero-order valence-corrected chi connectivity index (χ0v) is 18.5. The Labute approximate surface area is 188 Å². The van der Waals surface area contributed by atoms with Crippen molar-refractivity contribution in [1.29, 1.82) is 0 Å². The highest BCUT2D eigenvalue weighted by Crippen LogP contribution is 2.35. The van der Waals surface area contributed by atoms with Gasteiger partial charge in [-0.1, -0.05) is 35.9 Å². The van der Waals surface area contributed by atoms with Gasteiger partial charge >= 0.3 is 0 Å². The number of hydrogen-bond donors (Lipinski definition) is 1. The van der Waals surface area contributed by atoms with Crippen LogP contribution in [-0.4, -0.2) is 43.5 Å². The van der Waals surface area contributed by atoms with Crippen molar-refractivity contribution in [2.45, 2.75) is 32.4 Å². The highest BCUT2D eigenvalue weighted by atomic mass is 35.5. The van der Waals surface area contributed by atoms with Gasteiger partial charge in [-0.15, -0.1) is 0 Å². The summed E-state index contributed by atoms with van der Waals surface area (Å²) < 4.78 is 5.37. The van der Waals surface area contributed by atoms with E-state index in [9.17, 15) is 9.59 Å². The fourth-order valence-corrected chi connectivity index (χ4v) is 4.55. The molecule has 0 spiro atoms. The molecule has 2 saturated heterocycles. The molecule has 0 aromatic heterocycles. The molecule has 4 rings (SSSR count). The first kappa shape index (κ1) is 21.7. The number of nitrogens with one attached hydrogen (secondary N) is 1. The minimum absolute atomic E-state index is 0.102. The molecule has 1 unspecified atom stereocenters. The monoisotopic (exact) mass is 441 g/mol. The van der Waals surface area contributed by atoms with Crippen molar-refractivity contribution in [3.05, 3.63) is 58.6 Å². The molecule has 2 aromatic carbocycles. The second-order valence-corrected chi connectivity index (χ2v) is 8.63. The van der Waals surface area contributed by atoms with E-state index in [0.29, 0.717) is 29.5 Å². The smallest absolute Gasteiger partial charge is 0.227 e. The van der Waals surface area contributed by atoms with E-state index in [4.69, 9.17) is 16.3 Å². The van der Waals surface area contributed by atoms with E-state index < -0.39 is 5.92 Å². The number of amides is 2. The van der Waals surface area contributed by atoms with E-state index in [1.165, 1.54) is 18.4 Å². The average molecular weight is 442 g/mol. The van der Waals surface area contributed by atoms with Crippen LogP contribution in [0.4, 0.5) is 5.69 Å². The van der Waals surface area contributed by atoms with Gasteiger partial charge in [-0.3, -0.25) is 14.5 Å². The van der Waals surface area contributed by atoms with Crippen molar-refractivity contribution >= 4 is 29.1 Å². The normalized spacial score (nSPS) is 19.1. The van der Waals surface area contributed by atoms with Gasteiger partial charge in [0.05, 0.1) is 18.7 Å². The van der Waals surface area contributed by atoms with Crippen LogP contribution >= 0.6 is 11.6 Å². The zero-order chi connectivity index (χ0) is 21.8. The fourth-order valence-electron chi connectivity index (χ4n) is 4.38. The Morgan fingerprint density at radius 1 is 1.16 bits per heavy atom. The molecule has 2 aliphatic rings. The molecule has 6 nitrogen and oxygen atoms in total. The Kier molecular flexibility index (Phi) is 6.78. The van der Waals surface area contributed by atoms with E-state index in [2.05, 4.69) is 22.3 Å². The van der Waals surface area contributed by atoms with Crippen LogP contribution in [0.5, 0.6) is 5.75 Å². The molecule has 1 atom stereocenters. The van der Waals surface area contributed by atoms with Gasteiger partial charge in [0.15, 0.2) is 0 Å². The van der Waals surface area contributed by atoms with Crippen molar-refractivity contribution < 1.29 is 14.3 Å². The Bertz CT molecular complexity index is 959. The Morgan fingerprint density at radius 2 is 1.90 bits per heavy atom. The molecule has 0 bridgehead atoms. The zero-order valence-electron chi connectivity index (χ0n) is 17.8. The number of carbonyl (C=O) groups is 2. The molecule has 1 N–H and O–H groups in total. The van der Waals surface area contributed by atoms with Gasteiger partial charge in [0.1, 0.15) is 5.75 Å². The molecule has 2 fully saturated rings. The van der Waals surface area contributed by atoms with E-state index in [0.717, 1.165) is 25.2 Å². The van der Waals surface area contributed by atoms with Crippen molar-refractivity contribution in [3.63, 3.8) is 0 Å². The van der Waals surface area contributed by atoms with Crippen LogP contribution in [0.25, 0.3) is 0 Å². The number of methoxy groups -OCH3 is 1. The lowest BCUT2D eigenvalue weighted by atomic mass is 10.1. The maximum atomic E-state index is 12.9. The van der Waals surface area contributed by atoms with Gasteiger partial charge in [0.2, 0.25) is 11.8 Å². The fraction of sp³-hybridized carbons (Fsp3) is 0.417. The first-order valence-electron chi connectivity index (χ1n) is 10.8. The van der Waals surface area contributed by atoms with Crippen LogP contribution in [0.1, 0.15) is 30.4 Å². The number of hydrogen-bond acceptors (Lipinski definition) is 4. The first-order chi connectivity index (χ1) is 15.0. The van der Waals surface area contributed by atoms with Crippen LogP contribution in [-0.2, 0) is 22.7 Å². The Balaban J connectivity index is 1.39. The second-order valence-electron chi connectivity index (χ2n) is 8.19. The predicted molar refractivity (Wildman–Crippen MR) is 121 cm³/mol. The molecule has 2 aromatic rings. The molecular formula is C24H28ClN3O3. The summed E-state index contributed by atoms with van der Waals surface area (Å²) in [6, 6.07) is 13.4. The summed E-state index contributed by atoms with van der Waals surface area (Å²) >= 11 is 6.12. The third kappa shape index (κ3) is 5.02. The second kappa shape index (κ2) is 9.71. The van der Waals surface area contributed by atoms with Crippen LogP contribution in [0.2, 0.25) is 5.02 Å². The number of halogens is 1. The first-order valence-corrected chi connectivity index (χ1v) is 11.1. The lowest BCUT2D eigenvalue weighted by Gasteiger charge is -2.20. The van der Waals surface area contributed by atoms with Crippen molar-refractivity contribution in [1.82, 2.24) is 10.2 Å². The molecule has 0 aliphatic carbocycles. The molecule has 2 heterocycles. The number of carbonyl (C=O) groups excluding carboxylic acids is 2. The maximum Gasteiger partial charge on any atom is 0.227 e. The van der Waals surface area contributed by atoms with Gasteiger partial charge in [-0.05, 0) is 55.3 Å². The number of anilines is 1. The summed E-state index contributed by atoms with van der Waals surface area (Å²) in [6.07, 6.45) is 2.68. The van der Waals surface area contributed by atoms with Gasteiger partial charge in [-0.2, -0.15) is 0 Å². The van der Waals surface area contributed by atoms with Crippen LogP contribution in [0, 0.1) is 5.92 Å². The number of nitrogens with zero attached hydrogens (tertiary/aromatic N) is 2. The van der Waals surface area contributed by atoms with Crippen molar-refractivity contribution in [2.24, 2.45) is 5.92 Å². The maximum absolute atomic E-state index is 12.9. The van der Waals surface area contributed by atoms with Gasteiger partial charge in [0, 0.05) is 31.1 Å². The van der Waals surface area contributed by atoms with Crippen LogP contribution in [0.15, 0.2) is 42.5 Å². The Hall–Kier alpha value is -2.57. The largest absolute Gasteiger partial charge is 0.495 e. The minimum atomic E-state index is -0.401. The molecule has 31 heavy (non-hydrogen) atoms. The van der Waals surface area contributed by atoms with E-state index in [1.807, 2.05) is 12.1 Å². The topological polar surface area (TPSA) is 61.9 Å². The molecule has 7 heteroatoms. The third-order valence-corrected chi connectivity index (χ3v) is 6.33. The van der Waals surface area contributed by atoms with Gasteiger partial charge in [0.25, 0.3) is 0 Å². The van der Waals surface area contributed by atoms with Crippen molar-refractivity contribution in [3.8, 4) is 5.75 Å².